The van der Waals surface area contributed by atoms with Crippen LogP contribution in [0.1, 0.15) is 10.5 Å². The number of carbonyl (C=O) groups excluding carboxylic acids is 3. The maximum atomic E-state index is 12.0. The summed E-state index contributed by atoms with van der Waals surface area (Å²) in [5.41, 5.74) is 3.34. The number of nitrogens with zero attached hydrogens (tertiary/aromatic N) is 2. The fourth-order valence-corrected chi connectivity index (χ4v) is 2.75. The number of aromatic nitrogens is 1. The zero-order valence-electron chi connectivity index (χ0n) is 11.0. The maximum Gasteiger partial charge on any atom is 0.343 e. The van der Waals surface area contributed by atoms with Crippen molar-refractivity contribution in [1.29, 1.82) is 0 Å². The summed E-state index contributed by atoms with van der Waals surface area (Å²) in [6, 6.07) is 6.41. The number of imide groups is 1. The number of thiazole rings is 1. The van der Waals surface area contributed by atoms with Gasteiger partial charge in [0.15, 0.2) is 0 Å². The summed E-state index contributed by atoms with van der Waals surface area (Å²) in [7, 11) is 0. The molecule has 1 fully saturated rings. The summed E-state index contributed by atoms with van der Waals surface area (Å²) in [5.74, 6) is -1.02. The number of amides is 4. The van der Waals surface area contributed by atoms with Gasteiger partial charge in [0.25, 0.3) is 5.91 Å². The third-order valence-electron chi connectivity index (χ3n) is 2.86. The smallest absolute Gasteiger partial charge is 0.275 e. The first-order valence-electron chi connectivity index (χ1n) is 6.17. The minimum absolute atomic E-state index is 0.169. The Bertz CT molecular complexity index is 759. The highest BCUT2D eigenvalue weighted by Crippen LogP contribution is 2.25. The molecule has 22 heavy (non-hydrogen) atoms. The highest BCUT2D eigenvalue weighted by molar-refractivity contribution is 7.13. The molecule has 1 saturated heterocycles. The normalized spacial score (nSPS) is 14.1. The summed E-state index contributed by atoms with van der Waals surface area (Å²) >= 11 is 7.12. The molecule has 7 nitrogen and oxygen atoms in total. The van der Waals surface area contributed by atoms with E-state index in [1.807, 2.05) is 0 Å². The second-order valence-corrected chi connectivity index (χ2v) is 5.72. The third-order valence-corrected chi connectivity index (χ3v) is 4.00. The van der Waals surface area contributed by atoms with Crippen molar-refractivity contribution in [3.63, 3.8) is 0 Å². The molecule has 4 amide bonds. The first-order chi connectivity index (χ1) is 10.5. The van der Waals surface area contributed by atoms with Crippen LogP contribution in [-0.2, 0) is 4.79 Å². The van der Waals surface area contributed by atoms with Crippen molar-refractivity contribution in [3.05, 3.63) is 40.4 Å². The van der Waals surface area contributed by atoms with Gasteiger partial charge in [0.2, 0.25) is 5.91 Å². The van der Waals surface area contributed by atoms with Crippen LogP contribution in [0.4, 0.5) is 4.79 Å². The molecule has 0 radical (unpaired) electrons. The highest BCUT2D eigenvalue weighted by atomic mass is 35.5. The molecule has 0 aliphatic carbocycles. The Balaban J connectivity index is 1.73. The molecule has 2 heterocycles. The minimum Gasteiger partial charge on any atom is -0.275 e. The number of benzene rings is 1. The Morgan fingerprint density at radius 3 is 2.68 bits per heavy atom. The van der Waals surface area contributed by atoms with E-state index in [0.29, 0.717) is 10.0 Å². The molecule has 1 aromatic carbocycles. The van der Waals surface area contributed by atoms with E-state index in [4.69, 9.17) is 11.6 Å². The van der Waals surface area contributed by atoms with Crippen molar-refractivity contribution in [2.75, 3.05) is 6.54 Å². The van der Waals surface area contributed by atoms with Crippen molar-refractivity contribution in [2.24, 2.45) is 0 Å². The van der Waals surface area contributed by atoms with Crippen molar-refractivity contribution in [2.45, 2.75) is 0 Å². The fraction of sp³-hybridized carbons (Fsp3) is 0.0769. The van der Waals surface area contributed by atoms with Gasteiger partial charge in [-0.05, 0) is 12.1 Å². The number of rotatable bonds is 3. The zero-order valence-corrected chi connectivity index (χ0v) is 12.6. The van der Waals surface area contributed by atoms with Crippen LogP contribution in [0, 0.1) is 0 Å². The van der Waals surface area contributed by atoms with Crippen LogP contribution >= 0.6 is 22.9 Å². The number of hydrazine groups is 1. The van der Waals surface area contributed by atoms with Gasteiger partial charge >= 0.3 is 6.03 Å². The van der Waals surface area contributed by atoms with Crippen LogP contribution in [-0.4, -0.2) is 34.4 Å². The molecule has 0 atom stereocenters. The summed E-state index contributed by atoms with van der Waals surface area (Å²) in [5, 5.41) is 5.82. The van der Waals surface area contributed by atoms with Crippen molar-refractivity contribution < 1.29 is 14.4 Å². The van der Waals surface area contributed by atoms with E-state index in [1.54, 1.807) is 29.6 Å². The topological polar surface area (TPSA) is 91.4 Å². The van der Waals surface area contributed by atoms with E-state index < -0.39 is 17.8 Å². The second-order valence-electron chi connectivity index (χ2n) is 4.43. The highest BCUT2D eigenvalue weighted by Gasteiger charge is 2.28. The van der Waals surface area contributed by atoms with Crippen LogP contribution in [0.15, 0.2) is 29.6 Å². The SMILES string of the molecule is O=C1CN(NC(=O)c2csc(-c3ccc(Cl)cc3)n2)C(=O)N1. The van der Waals surface area contributed by atoms with Gasteiger partial charge < -0.3 is 0 Å². The van der Waals surface area contributed by atoms with Crippen molar-refractivity contribution in [1.82, 2.24) is 20.7 Å². The average Bonchev–Trinajstić information content (AvgIpc) is 3.07. The van der Waals surface area contributed by atoms with Gasteiger partial charge in [0.05, 0.1) is 0 Å². The standard InChI is InChI=1S/C13H9ClN4O3S/c14-8-3-1-7(2-4-8)12-15-9(6-22-12)11(20)17-18-5-10(19)16-13(18)21/h1-4,6H,5H2,(H,17,20)(H,16,19,21). The van der Waals surface area contributed by atoms with Crippen LogP contribution in [0.2, 0.25) is 5.02 Å². The summed E-state index contributed by atoms with van der Waals surface area (Å²) in [6.07, 6.45) is 0. The largest absolute Gasteiger partial charge is 0.343 e. The minimum atomic E-state index is -0.661. The van der Waals surface area contributed by atoms with Gasteiger partial charge in [-0.3, -0.25) is 20.3 Å². The lowest BCUT2D eigenvalue weighted by atomic mass is 10.2. The lowest BCUT2D eigenvalue weighted by molar-refractivity contribution is -0.118. The van der Waals surface area contributed by atoms with Gasteiger partial charge in [-0.25, -0.2) is 14.8 Å². The summed E-state index contributed by atoms with van der Waals surface area (Å²) < 4.78 is 0. The van der Waals surface area contributed by atoms with Crippen LogP contribution in [0.3, 0.4) is 0 Å². The first kappa shape index (κ1) is 14.5. The van der Waals surface area contributed by atoms with Crippen molar-refractivity contribution >= 4 is 40.8 Å². The number of halogens is 1. The predicted molar refractivity (Wildman–Crippen MR) is 80.3 cm³/mol. The molecule has 1 aliphatic rings. The Kier molecular flexibility index (Phi) is 3.78. The Hall–Kier alpha value is -2.45. The molecule has 1 aromatic heterocycles. The van der Waals surface area contributed by atoms with Crippen LogP contribution in [0.5, 0.6) is 0 Å². The third kappa shape index (κ3) is 2.92. The molecule has 0 bridgehead atoms. The predicted octanol–water partition coefficient (Wildman–Crippen LogP) is 1.66. The Labute approximate surface area is 133 Å². The monoisotopic (exact) mass is 336 g/mol. The average molecular weight is 337 g/mol. The lowest BCUT2D eigenvalue weighted by Crippen LogP contribution is -2.44. The molecule has 1 aliphatic heterocycles. The first-order valence-corrected chi connectivity index (χ1v) is 7.42. The Morgan fingerprint density at radius 1 is 1.32 bits per heavy atom. The number of hydrogen-bond donors (Lipinski definition) is 2. The molecule has 0 unspecified atom stereocenters. The molecule has 2 N–H and O–H groups in total. The summed E-state index contributed by atoms with van der Waals surface area (Å²) in [6.45, 7) is -0.210. The van der Waals surface area contributed by atoms with Gasteiger partial charge in [-0.15, -0.1) is 11.3 Å². The lowest BCUT2D eigenvalue weighted by Gasteiger charge is -2.13. The van der Waals surface area contributed by atoms with E-state index in [9.17, 15) is 14.4 Å². The molecule has 0 spiro atoms. The summed E-state index contributed by atoms with van der Waals surface area (Å²) in [4.78, 5) is 38.7. The zero-order chi connectivity index (χ0) is 15.7. The molecule has 112 valence electrons. The quantitative estimate of drug-likeness (QED) is 0.834. The number of hydrogen-bond acceptors (Lipinski definition) is 5. The number of urea groups is 1. The molecular formula is C13H9ClN4O3S. The molecular weight excluding hydrogens is 328 g/mol. The molecule has 0 saturated carbocycles. The van der Waals surface area contributed by atoms with E-state index in [-0.39, 0.29) is 12.2 Å². The van der Waals surface area contributed by atoms with Gasteiger partial charge in [-0.2, -0.15) is 0 Å². The molecule has 2 aromatic rings. The Morgan fingerprint density at radius 2 is 2.05 bits per heavy atom. The second kappa shape index (κ2) is 5.74. The number of nitrogens with one attached hydrogen (secondary N) is 2. The van der Waals surface area contributed by atoms with Crippen molar-refractivity contribution in [3.8, 4) is 10.6 Å². The van der Waals surface area contributed by atoms with Crippen LogP contribution in [0.25, 0.3) is 10.6 Å². The maximum absolute atomic E-state index is 12.0. The van der Waals surface area contributed by atoms with Gasteiger partial charge in [-0.1, -0.05) is 23.7 Å². The number of carbonyl (C=O) groups is 3. The molecule has 9 heteroatoms. The van der Waals surface area contributed by atoms with E-state index in [2.05, 4.69) is 15.7 Å². The van der Waals surface area contributed by atoms with Gasteiger partial charge in [0, 0.05) is 16.0 Å². The van der Waals surface area contributed by atoms with E-state index >= 15 is 0 Å². The fourth-order valence-electron chi connectivity index (χ4n) is 1.81. The van der Waals surface area contributed by atoms with Gasteiger partial charge in [0.1, 0.15) is 17.2 Å². The van der Waals surface area contributed by atoms with E-state index in [1.165, 1.54) is 11.3 Å². The molecule has 3 rings (SSSR count). The van der Waals surface area contributed by atoms with Crippen LogP contribution < -0.4 is 10.7 Å². The van der Waals surface area contributed by atoms with E-state index in [0.717, 1.165) is 10.6 Å².